The van der Waals surface area contributed by atoms with Crippen molar-refractivity contribution in [2.45, 2.75) is 64.6 Å². The average Bonchev–Trinajstić information content (AvgIpc) is 3.02. The summed E-state index contributed by atoms with van der Waals surface area (Å²) in [6.07, 6.45) is 6.34. The standard InChI is InChI=1S/C19H25N3O3S/c1-12-10-25-13(2)9-22(12)16(23)7-8-21-11-20-18-17(19(21)24)14-5-3-4-6-15(14)26-18/h11-13H,3-10H2,1-2H3. The summed E-state index contributed by atoms with van der Waals surface area (Å²) in [5.41, 5.74) is 1.20. The third-order valence-electron chi connectivity index (χ3n) is 5.44. The summed E-state index contributed by atoms with van der Waals surface area (Å²) in [5.74, 6) is 0.0759. The van der Waals surface area contributed by atoms with E-state index in [-0.39, 0.29) is 23.6 Å². The SMILES string of the molecule is CC1CN(C(=O)CCn2cnc3sc4c(c3c2=O)CCCC4)C(C)CO1. The van der Waals surface area contributed by atoms with Crippen molar-refractivity contribution < 1.29 is 9.53 Å². The Balaban J connectivity index is 1.53. The Kier molecular flexibility index (Phi) is 4.84. The number of aryl methyl sites for hydroxylation is 3. The fraction of sp³-hybridized carbons (Fsp3) is 0.632. The first-order chi connectivity index (χ1) is 12.5. The van der Waals surface area contributed by atoms with E-state index in [1.807, 2.05) is 18.7 Å². The minimum Gasteiger partial charge on any atom is -0.375 e. The Morgan fingerprint density at radius 1 is 1.35 bits per heavy atom. The van der Waals surface area contributed by atoms with Crippen LogP contribution >= 0.6 is 11.3 Å². The van der Waals surface area contributed by atoms with Crippen LogP contribution in [0.4, 0.5) is 0 Å². The predicted octanol–water partition coefficient (Wildman–Crippen LogP) is 2.36. The molecule has 3 heterocycles. The quantitative estimate of drug-likeness (QED) is 0.826. The minimum absolute atomic E-state index is 0.00518. The largest absolute Gasteiger partial charge is 0.375 e. The number of hydrogen-bond donors (Lipinski definition) is 0. The first kappa shape index (κ1) is 17.7. The zero-order valence-electron chi connectivity index (χ0n) is 15.4. The maximum Gasteiger partial charge on any atom is 0.262 e. The first-order valence-corrected chi connectivity index (χ1v) is 10.3. The van der Waals surface area contributed by atoms with Crippen LogP contribution in [-0.2, 0) is 28.9 Å². The summed E-state index contributed by atoms with van der Waals surface area (Å²) in [6.45, 7) is 5.55. The predicted molar refractivity (Wildman–Crippen MR) is 102 cm³/mol. The number of carbonyl (C=O) groups excluding carboxylic acids is 1. The van der Waals surface area contributed by atoms with E-state index >= 15 is 0 Å². The second-order valence-electron chi connectivity index (χ2n) is 7.42. The fourth-order valence-electron chi connectivity index (χ4n) is 3.95. The lowest BCUT2D eigenvalue weighted by Gasteiger charge is -2.36. The molecule has 2 unspecified atom stereocenters. The van der Waals surface area contributed by atoms with Gasteiger partial charge in [-0.3, -0.25) is 14.2 Å². The van der Waals surface area contributed by atoms with Gasteiger partial charge in [0.2, 0.25) is 5.91 Å². The molecule has 1 aliphatic heterocycles. The van der Waals surface area contributed by atoms with E-state index in [2.05, 4.69) is 4.98 Å². The van der Waals surface area contributed by atoms with Gasteiger partial charge in [-0.05, 0) is 45.1 Å². The number of morpholine rings is 1. The van der Waals surface area contributed by atoms with Gasteiger partial charge in [0.25, 0.3) is 5.56 Å². The molecule has 2 atom stereocenters. The van der Waals surface area contributed by atoms with Gasteiger partial charge in [-0.15, -0.1) is 11.3 Å². The maximum atomic E-state index is 13.0. The lowest BCUT2D eigenvalue weighted by Crippen LogP contribution is -2.50. The first-order valence-electron chi connectivity index (χ1n) is 9.45. The molecule has 0 aromatic carbocycles. The summed E-state index contributed by atoms with van der Waals surface area (Å²) in [4.78, 5) is 34.1. The minimum atomic E-state index is 0.00518. The van der Waals surface area contributed by atoms with E-state index < -0.39 is 0 Å². The molecule has 140 valence electrons. The van der Waals surface area contributed by atoms with E-state index in [1.54, 1.807) is 22.2 Å². The number of aromatic nitrogens is 2. The summed E-state index contributed by atoms with van der Waals surface area (Å²) < 4.78 is 7.19. The number of nitrogens with zero attached hydrogens (tertiary/aromatic N) is 3. The Morgan fingerprint density at radius 3 is 3.00 bits per heavy atom. The maximum absolute atomic E-state index is 13.0. The van der Waals surface area contributed by atoms with Gasteiger partial charge in [0.1, 0.15) is 4.83 Å². The Hall–Kier alpha value is -1.73. The van der Waals surface area contributed by atoms with E-state index in [9.17, 15) is 9.59 Å². The molecule has 6 nitrogen and oxygen atoms in total. The highest BCUT2D eigenvalue weighted by Crippen LogP contribution is 2.33. The summed E-state index contributed by atoms with van der Waals surface area (Å²) >= 11 is 1.66. The molecule has 2 aromatic heterocycles. The third kappa shape index (κ3) is 3.18. The van der Waals surface area contributed by atoms with Crippen molar-refractivity contribution in [1.29, 1.82) is 0 Å². The van der Waals surface area contributed by atoms with Crippen molar-refractivity contribution in [2.24, 2.45) is 0 Å². The van der Waals surface area contributed by atoms with Crippen LogP contribution in [0.5, 0.6) is 0 Å². The van der Waals surface area contributed by atoms with Crippen molar-refractivity contribution in [1.82, 2.24) is 14.5 Å². The molecule has 0 saturated carbocycles. The molecule has 4 rings (SSSR count). The van der Waals surface area contributed by atoms with Crippen molar-refractivity contribution in [3.63, 3.8) is 0 Å². The van der Waals surface area contributed by atoms with Crippen LogP contribution in [0.15, 0.2) is 11.1 Å². The van der Waals surface area contributed by atoms with Crippen molar-refractivity contribution in [3.8, 4) is 0 Å². The van der Waals surface area contributed by atoms with Gasteiger partial charge in [-0.2, -0.15) is 0 Å². The van der Waals surface area contributed by atoms with Crippen LogP contribution in [0, 0.1) is 0 Å². The van der Waals surface area contributed by atoms with Crippen LogP contribution < -0.4 is 5.56 Å². The summed E-state index contributed by atoms with van der Waals surface area (Å²) in [5, 5.41) is 0.785. The molecule has 0 radical (unpaired) electrons. The molecular formula is C19H25N3O3S. The number of hydrogen-bond acceptors (Lipinski definition) is 5. The van der Waals surface area contributed by atoms with Crippen LogP contribution in [0.3, 0.4) is 0 Å². The van der Waals surface area contributed by atoms with Crippen LogP contribution in [0.1, 0.15) is 43.6 Å². The van der Waals surface area contributed by atoms with Crippen LogP contribution in [-0.4, -0.2) is 45.7 Å². The number of ether oxygens (including phenoxy) is 1. The Morgan fingerprint density at radius 2 is 2.15 bits per heavy atom. The van der Waals surface area contributed by atoms with Gasteiger partial charge in [0.05, 0.1) is 30.5 Å². The Labute approximate surface area is 156 Å². The van der Waals surface area contributed by atoms with E-state index in [0.717, 1.165) is 29.5 Å². The van der Waals surface area contributed by atoms with Crippen molar-refractivity contribution >= 4 is 27.5 Å². The van der Waals surface area contributed by atoms with Gasteiger partial charge in [0, 0.05) is 24.4 Å². The smallest absolute Gasteiger partial charge is 0.262 e. The molecule has 1 fully saturated rings. The van der Waals surface area contributed by atoms with Crippen LogP contribution in [0.25, 0.3) is 10.2 Å². The molecule has 1 saturated heterocycles. The lowest BCUT2D eigenvalue weighted by molar-refractivity contribution is -0.143. The van der Waals surface area contributed by atoms with Gasteiger partial charge in [-0.1, -0.05) is 0 Å². The number of thiophene rings is 1. The molecule has 2 aromatic rings. The fourth-order valence-corrected chi connectivity index (χ4v) is 5.17. The van der Waals surface area contributed by atoms with Gasteiger partial charge < -0.3 is 9.64 Å². The molecule has 0 N–H and O–H groups in total. The van der Waals surface area contributed by atoms with Crippen molar-refractivity contribution in [3.05, 3.63) is 27.1 Å². The van der Waals surface area contributed by atoms with E-state index in [1.165, 1.54) is 16.9 Å². The molecule has 26 heavy (non-hydrogen) atoms. The summed E-state index contributed by atoms with van der Waals surface area (Å²) in [6, 6.07) is 0.0833. The second-order valence-corrected chi connectivity index (χ2v) is 8.51. The van der Waals surface area contributed by atoms with Gasteiger partial charge in [0.15, 0.2) is 0 Å². The number of amides is 1. The van der Waals surface area contributed by atoms with E-state index in [4.69, 9.17) is 4.74 Å². The summed E-state index contributed by atoms with van der Waals surface area (Å²) in [7, 11) is 0. The highest BCUT2D eigenvalue weighted by atomic mass is 32.1. The van der Waals surface area contributed by atoms with Crippen LogP contribution in [0.2, 0.25) is 0 Å². The third-order valence-corrected chi connectivity index (χ3v) is 6.64. The lowest BCUT2D eigenvalue weighted by atomic mass is 9.97. The van der Waals surface area contributed by atoms with E-state index in [0.29, 0.717) is 26.1 Å². The topological polar surface area (TPSA) is 64.4 Å². The molecular weight excluding hydrogens is 350 g/mol. The number of carbonyl (C=O) groups is 1. The van der Waals surface area contributed by atoms with Gasteiger partial charge >= 0.3 is 0 Å². The zero-order chi connectivity index (χ0) is 18.3. The highest BCUT2D eigenvalue weighted by Gasteiger charge is 2.27. The normalized spacial score (nSPS) is 23.2. The van der Waals surface area contributed by atoms with Crippen molar-refractivity contribution in [2.75, 3.05) is 13.2 Å². The monoisotopic (exact) mass is 375 g/mol. The number of fused-ring (bicyclic) bond motifs is 3. The molecule has 0 bridgehead atoms. The molecule has 7 heteroatoms. The van der Waals surface area contributed by atoms with Gasteiger partial charge in [-0.25, -0.2) is 4.98 Å². The molecule has 2 aliphatic rings. The number of rotatable bonds is 3. The molecule has 1 amide bonds. The molecule has 1 aliphatic carbocycles. The second kappa shape index (κ2) is 7.12. The Bertz CT molecular complexity index is 888. The highest BCUT2D eigenvalue weighted by molar-refractivity contribution is 7.18. The zero-order valence-corrected chi connectivity index (χ0v) is 16.2. The molecule has 0 spiro atoms. The average molecular weight is 375 g/mol.